The van der Waals surface area contributed by atoms with Gasteiger partial charge in [0, 0.05) is 41.4 Å². The molecule has 11 heteroatoms. The number of ether oxygens (including phenoxy) is 1. The van der Waals surface area contributed by atoms with Crippen LogP contribution in [0.5, 0.6) is 5.75 Å². The molecule has 3 aromatic carbocycles. The molecule has 9 nitrogen and oxygen atoms in total. The van der Waals surface area contributed by atoms with Crippen LogP contribution in [0.3, 0.4) is 0 Å². The molecule has 0 aliphatic rings. The molecule has 0 atom stereocenters. The van der Waals surface area contributed by atoms with Gasteiger partial charge in [0.15, 0.2) is 0 Å². The molecule has 0 radical (unpaired) electrons. The first-order chi connectivity index (χ1) is 18.6. The first-order valence-electron chi connectivity index (χ1n) is 12.1. The van der Waals surface area contributed by atoms with Gasteiger partial charge >= 0.3 is 0 Å². The minimum absolute atomic E-state index is 0.0805. The number of nitrogens with one attached hydrogen (secondary N) is 1. The molecule has 0 spiro atoms. The Kier molecular flexibility index (Phi) is 10.5. The van der Waals surface area contributed by atoms with Crippen molar-refractivity contribution in [3.63, 3.8) is 0 Å². The summed E-state index contributed by atoms with van der Waals surface area (Å²) >= 11 is 6.25. The van der Waals surface area contributed by atoms with E-state index in [1.165, 1.54) is 36.4 Å². The van der Waals surface area contributed by atoms with Crippen LogP contribution in [0.2, 0.25) is 5.02 Å². The quantitative estimate of drug-likeness (QED) is 0.179. The van der Waals surface area contributed by atoms with Crippen molar-refractivity contribution in [3.05, 3.63) is 98.6 Å². The number of nitro groups is 1. The van der Waals surface area contributed by atoms with Gasteiger partial charge in [-0.2, -0.15) is 4.72 Å². The van der Waals surface area contributed by atoms with Crippen molar-refractivity contribution in [2.75, 3.05) is 19.7 Å². The zero-order chi connectivity index (χ0) is 28.4. The van der Waals surface area contributed by atoms with Gasteiger partial charge in [-0.3, -0.25) is 14.9 Å². The maximum atomic E-state index is 13.5. The van der Waals surface area contributed by atoms with Crippen molar-refractivity contribution < 1.29 is 22.9 Å². The van der Waals surface area contributed by atoms with Crippen LogP contribution in [0, 0.1) is 22.5 Å². The van der Waals surface area contributed by atoms with E-state index >= 15 is 0 Å². The second-order valence-electron chi connectivity index (χ2n) is 8.55. The van der Waals surface area contributed by atoms with E-state index in [-0.39, 0.29) is 36.1 Å². The van der Waals surface area contributed by atoms with Gasteiger partial charge in [0.1, 0.15) is 5.75 Å². The molecule has 0 bridgehead atoms. The van der Waals surface area contributed by atoms with Gasteiger partial charge < -0.3 is 9.64 Å². The Morgan fingerprint density at radius 2 is 1.82 bits per heavy atom. The van der Waals surface area contributed by atoms with Crippen molar-refractivity contribution in [2.24, 2.45) is 0 Å². The highest BCUT2D eigenvalue weighted by Crippen LogP contribution is 2.26. The van der Waals surface area contributed by atoms with E-state index in [4.69, 9.17) is 22.8 Å². The fourth-order valence-corrected chi connectivity index (χ4v) is 4.84. The largest absolute Gasteiger partial charge is 0.493 e. The molecule has 0 aliphatic carbocycles. The fourth-order valence-electron chi connectivity index (χ4n) is 3.71. The molecule has 204 valence electrons. The number of benzene rings is 3. The second kappa shape index (κ2) is 13.8. The number of terminal acetylenes is 1. The van der Waals surface area contributed by atoms with Crippen molar-refractivity contribution in [1.82, 2.24) is 9.62 Å². The molecular formula is C28H28ClN3O6S. The van der Waals surface area contributed by atoms with E-state index in [1.54, 1.807) is 35.2 Å². The molecule has 1 N–H and O–H groups in total. The molecule has 0 unspecified atom stereocenters. The third-order valence-corrected chi connectivity index (χ3v) is 7.38. The fraction of sp³-hybridized carbons (Fsp3) is 0.250. The molecule has 39 heavy (non-hydrogen) atoms. The lowest BCUT2D eigenvalue weighted by Crippen LogP contribution is -2.32. The van der Waals surface area contributed by atoms with Crippen LogP contribution >= 0.6 is 11.6 Å². The van der Waals surface area contributed by atoms with Gasteiger partial charge in [0.2, 0.25) is 10.0 Å². The first-order valence-corrected chi connectivity index (χ1v) is 14.0. The average Bonchev–Trinajstić information content (AvgIpc) is 2.93. The van der Waals surface area contributed by atoms with Gasteiger partial charge in [-0.15, -0.1) is 6.42 Å². The van der Waals surface area contributed by atoms with Crippen molar-refractivity contribution in [2.45, 2.75) is 31.2 Å². The van der Waals surface area contributed by atoms with Crippen LogP contribution in [0.25, 0.3) is 0 Å². The number of amides is 1. The molecule has 0 fully saturated rings. The van der Waals surface area contributed by atoms with E-state index in [2.05, 4.69) is 10.6 Å². The summed E-state index contributed by atoms with van der Waals surface area (Å²) in [4.78, 5) is 25.7. The number of sulfonamides is 1. The number of hydrogen-bond donors (Lipinski definition) is 1. The Morgan fingerprint density at radius 3 is 2.44 bits per heavy atom. The zero-order valence-corrected chi connectivity index (χ0v) is 22.9. The molecule has 3 rings (SSSR count). The van der Waals surface area contributed by atoms with E-state index in [0.29, 0.717) is 34.9 Å². The van der Waals surface area contributed by atoms with Gasteiger partial charge in [-0.1, -0.05) is 36.6 Å². The SMILES string of the molecule is C#CCNS(=O)(=O)c1ccc(CCN(Cc2cc(Cl)ccc2OCCC)C(=O)c2ccc([N+](=O)[O-])cc2)cc1. The third-order valence-electron chi connectivity index (χ3n) is 5.73. The maximum Gasteiger partial charge on any atom is 0.269 e. The predicted molar refractivity (Wildman–Crippen MR) is 149 cm³/mol. The van der Waals surface area contributed by atoms with Crippen LogP contribution in [0.4, 0.5) is 5.69 Å². The summed E-state index contributed by atoms with van der Waals surface area (Å²) in [5.74, 6) is 2.51. The minimum Gasteiger partial charge on any atom is -0.493 e. The summed E-state index contributed by atoms with van der Waals surface area (Å²) < 4.78 is 32.8. The van der Waals surface area contributed by atoms with Crippen LogP contribution in [-0.2, 0) is 23.0 Å². The smallest absolute Gasteiger partial charge is 0.269 e. The average molecular weight is 570 g/mol. The number of rotatable bonds is 13. The Bertz CT molecular complexity index is 1450. The van der Waals surface area contributed by atoms with Crippen molar-refractivity contribution in [3.8, 4) is 18.1 Å². The minimum atomic E-state index is -3.72. The zero-order valence-electron chi connectivity index (χ0n) is 21.3. The number of non-ortho nitro benzene ring substituents is 1. The highest BCUT2D eigenvalue weighted by molar-refractivity contribution is 7.89. The third kappa shape index (κ3) is 8.29. The molecule has 0 aromatic heterocycles. The van der Waals surface area contributed by atoms with Crippen molar-refractivity contribution >= 4 is 33.2 Å². The summed E-state index contributed by atoms with van der Waals surface area (Å²) in [6.45, 7) is 2.82. The summed E-state index contributed by atoms with van der Waals surface area (Å²) in [5.41, 5.74) is 1.70. The lowest BCUT2D eigenvalue weighted by atomic mass is 10.1. The maximum absolute atomic E-state index is 13.5. The monoisotopic (exact) mass is 569 g/mol. The lowest BCUT2D eigenvalue weighted by molar-refractivity contribution is -0.384. The van der Waals surface area contributed by atoms with Gasteiger partial charge in [-0.05, 0) is 60.9 Å². The molecular weight excluding hydrogens is 542 g/mol. The normalized spacial score (nSPS) is 11.0. The number of carbonyl (C=O) groups is 1. The van der Waals surface area contributed by atoms with Crippen LogP contribution in [0.1, 0.15) is 34.8 Å². The van der Waals surface area contributed by atoms with E-state index in [9.17, 15) is 23.3 Å². The molecule has 0 saturated heterocycles. The topological polar surface area (TPSA) is 119 Å². The highest BCUT2D eigenvalue weighted by atomic mass is 35.5. The second-order valence-corrected chi connectivity index (χ2v) is 10.8. The lowest BCUT2D eigenvalue weighted by Gasteiger charge is -2.24. The Hall–Kier alpha value is -3.91. The van der Waals surface area contributed by atoms with E-state index in [0.717, 1.165) is 12.0 Å². The van der Waals surface area contributed by atoms with Crippen LogP contribution in [0.15, 0.2) is 71.6 Å². The number of halogens is 1. The Balaban J connectivity index is 1.86. The number of carbonyl (C=O) groups excluding carboxylic acids is 1. The summed E-state index contributed by atoms with van der Waals surface area (Å²) in [6, 6.07) is 16.9. The van der Waals surface area contributed by atoms with Gasteiger partial charge in [-0.25, -0.2) is 8.42 Å². The van der Waals surface area contributed by atoms with Crippen molar-refractivity contribution in [1.29, 1.82) is 0 Å². The molecule has 1 amide bonds. The highest BCUT2D eigenvalue weighted by Gasteiger charge is 2.20. The van der Waals surface area contributed by atoms with Gasteiger partial charge in [0.25, 0.3) is 11.6 Å². The predicted octanol–water partition coefficient (Wildman–Crippen LogP) is 4.83. The van der Waals surface area contributed by atoms with Crippen LogP contribution < -0.4 is 9.46 Å². The summed E-state index contributed by atoms with van der Waals surface area (Å²) in [7, 11) is -3.72. The Labute approximate surface area is 232 Å². The number of hydrogen-bond acceptors (Lipinski definition) is 6. The molecule has 3 aromatic rings. The Morgan fingerprint density at radius 1 is 1.13 bits per heavy atom. The number of nitrogens with zero attached hydrogens (tertiary/aromatic N) is 2. The first kappa shape index (κ1) is 29.6. The summed E-state index contributed by atoms with van der Waals surface area (Å²) in [6.07, 6.45) is 6.36. The standard InChI is InChI=1S/C28H28ClN3O6S/c1-3-16-30-39(36,37)26-12-5-21(6-13-26)15-17-31(28(33)22-7-10-25(11-8-22)32(34)35)20-23-19-24(29)9-14-27(23)38-18-4-2/h1,5-14,19,30H,4,15-18,20H2,2H3. The van der Waals surface area contributed by atoms with E-state index in [1.807, 2.05) is 6.92 Å². The van der Waals surface area contributed by atoms with Gasteiger partial charge in [0.05, 0.1) is 23.0 Å². The molecule has 0 heterocycles. The molecule has 0 saturated carbocycles. The summed E-state index contributed by atoms with van der Waals surface area (Å²) in [5, 5.41) is 11.5. The van der Waals surface area contributed by atoms with E-state index < -0.39 is 14.9 Å². The van der Waals surface area contributed by atoms with Crippen LogP contribution in [-0.4, -0.2) is 43.8 Å². The molecule has 0 aliphatic heterocycles. The number of nitro benzene ring substituents is 1.